The Hall–Kier alpha value is -2.65. The van der Waals surface area contributed by atoms with E-state index in [1.807, 2.05) is 30.3 Å². The summed E-state index contributed by atoms with van der Waals surface area (Å²) in [7, 11) is -4.32. The molecule has 0 amide bonds. The van der Waals surface area contributed by atoms with Crippen molar-refractivity contribution in [3.05, 3.63) is 88.1 Å². The van der Waals surface area contributed by atoms with Gasteiger partial charge in [-0.2, -0.15) is 0 Å². The lowest BCUT2D eigenvalue weighted by Crippen LogP contribution is -2.15. The quantitative estimate of drug-likeness (QED) is 0.318. The Morgan fingerprint density at radius 2 is 1.77 bits per heavy atom. The Morgan fingerprint density at radius 1 is 1.00 bits per heavy atom. The number of nitrogens with one attached hydrogen (secondary N) is 1. The van der Waals surface area contributed by atoms with Gasteiger partial charge in [0.05, 0.1) is 10.7 Å². The summed E-state index contributed by atoms with van der Waals surface area (Å²) in [6.45, 7) is 0. The molecule has 0 bridgehead atoms. The van der Waals surface area contributed by atoms with Crippen LogP contribution in [-0.4, -0.2) is 13.4 Å². The molecule has 0 saturated heterocycles. The number of rotatable bonds is 6. The second kappa shape index (κ2) is 8.84. The predicted molar refractivity (Wildman–Crippen MR) is 121 cm³/mol. The zero-order valence-corrected chi connectivity index (χ0v) is 18.7. The van der Waals surface area contributed by atoms with Crippen molar-refractivity contribution < 1.29 is 17.5 Å². The van der Waals surface area contributed by atoms with Crippen LogP contribution in [0.25, 0.3) is 11.1 Å². The standard InChI is InChI=1S/C21H13Cl2FN2O3S2/c22-15-11-16(23)20(29-21-25-8-9-30-21)19(12-15)31(27,28)26-18-10-14(6-7-17(18)24)13-4-2-1-3-5-13/h1-12,26H. The first kappa shape index (κ1) is 21.6. The van der Waals surface area contributed by atoms with Crippen LogP contribution in [-0.2, 0) is 10.0 Å². The molecule has 0 aliphatic heterocycles. The van der Waals surface area contributed by atoms with Crippen LogP contribution in [0.15, 0.2) is 77.1 Å². The minimum atomic E-state index is -4.32. The fourth-order valence-corrected chi connectivity index (χ4v) is 5.17. The van der Waals surface area contributed by atoms with Crippen LogP contribution in [0.3, 0.4) is 0 Å². The van der Waals surface area contributed by atoms with Crippen molar-refractivity contribution in [2.24, 2.45) is 0 Å². The Labute approximate surface area is 192 Å². The molecule has 0 spiro atoms. The molecular weight excluding hydrogens is 482 g/mol. The highest BCUT2D eigenvalue weighted by Gasteiger charge is 2.25. The molecule has 1 heterocycles. The van der Waals surface area contributed by atoms with Gasteiger partial charge in [-0.25, -0.2) is 17.8 Å². The Kier molecular flexibility index (Phi) is 6.15. The molecule has 0 unspecified atom stereocenters. The van der Waals surface area contributed by atoms with Crippen molar-refractivity contribution in [3.8, 4) is 22.1 Å². The van der Waals surface area contributed by atoms with Crippen LogP contribution in [0.2, 0.25) is 10.0 Å². The van der Waals surface area contributed by atoms with Crippen LogP contribution in [0.1, 0.15) is 0 Å². The molecular formula is C21H13Cl2FN2O3S2. The second-order valence-electron chi connectivity index (χ2n) is 6.28. The molecule has 31 heavy (non-hydrogen) atoms. The molecule has 10 heteroatoms. The maximum Gasteiger partial charge on any atom is 0.278 e. The van der Waals surface area contributed by atoms with E-state index in [9.17, 15) is 12.8 Å². The summed E-state index contributed by atoms with van der Waals surface area (Å²) in [4.78, 5) is 3.63. The van der Waals surface area contributed by atoms with Gasteiger partial charge in [-0.1, -0.05) is 70.9 Å². The monoisotopic (exact) mass is 494 g/mol. The molecule has 5 nitrogen and oxygen atoms in total. The van der Waals surface area contributed by atoms with Crippen molar-refractivity contribution in [1.29, 1.82) is 0 Å². The zero-order valence-electron chi connectivity index (χ0n) is 15.6. The van der Waals surface area contributed by atoms with E-state index < -0.39 is 15.8 Å². The summed E-state index contributed by atoms with van der Waals surface area (Å²) in [5.41, 5.74) is 1.22. The molecule has 4 aromatic rings. The highest BCUT2D eigenvalue weighted by atomic mass is 35.5. The van der Waals surface area contributed by atoms with E-state index in [-0.39, 0.29) is 31.6 Å². The Balaban J connectivity index is 1.75. The molecule has 1 N–H and O–H groups in total. The molecule has 0 radical (unpaired) electrons. The molecule has 1 aromatic heterocycles. The number of anilines is 1. The number of aromatic nitrogens is 1. The molecule has 4 rings (SSSR count). The zero-order chi connectivity index (χ0) is 22.0. The highest BCUT2D eigenvalue weighted by Crippen LogP contribution is 2.39. The van der Waals surface area contributed by atoms with Gasteiger partial charge in [0.2, 0.25) is 0 Å². The fraction of sp³-hybridized carbons (Fsp3) is 0. The first-order valence-corrected chi connectivity index (χ1v) is 11.9. The van der Waals surface area contributed by atoms with Crippen molar-refractivity contribution >= 4 is 50.2 Å². The molecule has 0 aliphatic carbocycles. The van der Waals surface area contributed by atoms with Crippen LogP contribution < -0.4 is 9.46 Å². The van der Waals surface area contributed by atoms with Crippen molar-refractivity contribution in [1.82, 2.24) is 4.98 Å². The molecule has 3 aromatic carbocycles. The summed E-state index contributed by atoms with van der Waals surface area (Å²) in [6.07, 6.45) is 1.50. The summed E-state index contributed by atoms with van der Waals surface area (Å²) >= 11 is 13.4. The minimum Gasteiger partial charge on any atom is -0.428 e. The van der Waals surface area contributed by atoms with Gasteiger partial charge >= 0.3 is 0 Å². The Morgan fingerprint density at radius 3 is 2.48 bits per heavy atom. The summed E-state index contributed by atoms with van der Waals surface area (Å²) in [6, 6.07) is 15.9. The summed E-state index contributed by atoms with van der Waals surface area (Å²) < 4.78 is 48.7. The van der Waals surface area contributed by atoms with E-state index in [1.54, 1.807) is 11.4 Å². The van der Waals surface area contributed by atoms with E-state index >= 15 is 0 Å². The molecule has 0 saturated carbocycles. The third-order valence-electron chi connectivity index (χ3n) is 4.18. The lowest BCUT2D eigenvalue weighted by atomic mass is 10.1. The first-order chi connectivity index (χ1) is 14.8. The maximum absolute atomic E-state index is 14.5. The van der Waals surface area contributed by atoms with E-state index in [0.29, 0.717) is 5.56 Å². The lowest BCUT2D eigenvalue weighted by Gasteiger charge is -2.15. The number of halogens is 3. The topological polar surface area (TPSA) is 68.3 Å². The van der Waals surface area contributed by atoms with Crippen molar-refractivity contribution in [2.45, 2.75) is 4.90 Å². The van der Waals surface area contributed by atoms with Crippen LogP contribution >= 0.6 is 34.5 Å². The van der Waals surface area contributed by atoms with E-state index in [4.69, 9.17) is 27.9 Å². The second-order valence-corrected chi connectivity index (χ2v) is 9.63. The van der Waals surface area contributed by atoms with Gasteiger partial charge in [0.15, 0.2) is 5.75 Å². The minimum absolute atomic E-state index is 0.0263. The van der Waals surface area contributed by atoms with Crippen molar-refractivity contribution in [3.63, 3.8) is 0 Å². The van der Waals surface area contributed by atoms with E-state index in [0.717, 1.165) is 16.9 Å². The smallest absolute Gasteiger partial charge is 0.278 e. The lowest BCUT2D eigenvalue weighted by molar-refractivity contribution is 0.464. The number of hydrogen-bond acceptors (Lipinski definition) is 5. The third-order valence-corrected chi connectivity index (χ3v) is 6.70. The number of sulfonamides is 1. The van der Waals surface area contributed by atoms with Gasteiger partial charge in [0.25, 0.3) is 15.2 Å². The van der Waals surface area contributed by atoms with Crippen LogP contribution in [0.5, 0.6) is 10.9 Å². The first-order valence-electron chi connectivity index (χ1n) is 8.78. The van der Waals surface area contributed by atoms with Gasteiger partial charge < -0.3 is 4.74 Å². The van der Waals surface area contributed by atoms with Gasteiger partial charge in [0.1, 0.15) is 10.7 Å². The van der Waals surface area contributed by atoms with Gasteiger partial charge in [-0.05, 0) is 35.4 Å². The fourth-order valence-electron chi connectivity index (χ4n) is 2.80. The normalized spacial score (nSPS) is 11.3. The number of thiazole rings is 1. The molecule has 0 atom stereocenters. The highest BCUT2D eigenvalue weighted by molar-refractivity contribution is 7.92. The summed E-state index contributed by atoms with van der Waals surface area (Å²) in [5, 5.41) is 1.91. The number of benzene rings is 3. The van der Waals surface area contributed by atoms with E-state index in [1.165, 1.54) is 30.5 Å². The number of nitrogens with zero attached hydrogens (tertiary/aromatic N) is 1. The van der Waals surface area contributed by atoms with Crippen LogP contribution in [0, 0.1) is 5.82 Å². The number of ether oxygens (including phenoxy) is 1. The van der Waals surface area contributed by atoms with Gasteiger partial charge in [-0.15, -0.1) is 0 Å². The van der Waals surface area contributed by atoms with Crippen LogP contribution in [0.4, 0.5) is 10.1 Å². The Bertz CT molecular complexity index is 1330. The summed E-state index contributed by atoms with van der Waals surface area (Å²) in [5.74, 6) is -0.896. The molecule has 158 valence electrons. The third kappa shape index (κ3) is 4.83. The average Bonchev–Trinajstić information content (AvgIpc) is 3.25. The molecule has 0 aliphatic rings. The maximum atomic E-state index is 14.5. The molecule has 0 fully saturated rings. The largest absolute Gasteiger partial charge is 0.428 e. The van der Waals surface area contributed by atoms with Crippen molar-refractivity contribution in [2.75, 3.05) is 4.72 Å². The average molecular weight is 495 g/mol. The number of hydrogen-bond donors (Lipinski definition) is 1. The van der Waals surface area contributed by atoms with Gasteiger partial charge in [0, 0.05) is 16.6 Å². The SMILES string of the molecule is O=S(=O)(Nc1cc(-c2ccccc2)ccc1F)c1cc(Cl)cc(Cl)c1Oc1nccs1. The van der Waals surface area contributed by atoms with Gasteiger partial charge in [-0.3, -0.25) is 4.72 Å². The van der Waals surface area contributed by atoms with E-state index in [2.05, 4.69) is 9.71 Å². The predicted octanol–water partition coefficient (Wildman–Crippen LogP) is 6.85.